The number of aryl methyl sites for hydroxylation is 1. The molecule has 2 rings (SSSR count). The molecule has 0 aromatic heterocycles. The first-order valence-corrected chi connectivity index (χ1v) is 7.98. The summed E-state index contributed by atoms with van der Waals surface area (Å²) in [4.78, 5) is 11.9. The van der Waals surface area contributed by atoms with E-state index in [1.807, 2.05) is 38.1 Å². The van der Waals surface area contributed by atoms with Crippen molar-refractivity contribution in [2.45, 2.75) is 57.8 Å². The first-order chi connectivity index (χ1) is 10.5. The van der Waals surface area contributed by atoms with Crippen LogP contribution in [0.25, 0.3) is 0 Å². The third-order valence-corrected chi connectivity index (χ3v) is 3.91. The molecule has 2 amide bonds. The third kappa shape index (κ3) is 5.56. The Hall–Kier alpha value is -1.75. The highest BCUT2D eigenvalue weighted by atomic mass is 16.5. The van der Waals surface area contributed by atoms with Crippen LogP contribution in [0.15, 0.2) is 24.3 Å². The van der Waals surface area contributed by atoms with Crippen LogP contribution in [0.3, 0.4) is 0 Å². The number of amides is 2. The van der Waals surface area contributed by atoms with E-state index >= 15 is 0 Å². The molecular formula is C17H26N2O3. The number of aliphatic hydroxyl groups excluding tert-OH is 1. The Morgan fingerprint density at radius 3 is 2.77 bits per heavy atom. The maximum absolute atomic E-state index is 11.9. The highest BCUT2D eigenvalue weighted by Crippen LogP contribution is 2.18. The molecule has 0 aliphatic heterocycles. The lowest BCUT2D eigenvalue weighted by molar-refractivity contribution is 0.117. The van der Waals surface area contributed by atoms with Crippen molar-refractivity contribution in [3.8, 4) is 5.75 Å². The van der Waals surface area contributed by atoms with Gasteiger partial charge in [-0.3, -0.25) is 0 Å². The monoisotopic (exact) mass is 306 g/mol. The lowest BCUT2D eigenvalue weighted by atomic mass is 9.93. The molecule has 1 saturated carbocycles. The van der Waals surface area contributed by atoms with Gasteiger partial charge in [-0.05, 0) is 57.2 Å². The first kappa shape index (κ1) is 16.6. The minimum Gasteiger partial charge on any atom is -0.489 e. The van der Waals surface area contributed by atoms with E-state index in [2.05, 4.69) is 10.6 Å². The van der Waals surface area contributed by atoms with Crippen molar-refractivity contribution in [1.29, 1.82) is 0 Å². The van der Waals surface area contributed by atoms with Crippen molar-refractivity contribution in [1.82, 2.24) is 10.6 Å². The Balaban J connectivity index is 1.67. The summed E-state index contributed by atoms with van der Waals surface area (Å²) < 4.78 is 5.77. The van der Waals surface area contributed by atoms with E-state index in [-0.39, 0.29) is 24.3 Å². The largest absolute Gasteiger partial charge is 0.489 e. The van der Waals surface area contributed by atoms with E-state index in [4.69, 9.17) is 4.74 Å². The van der Waals surface area contributed by atoms with Gasteiger partial charge >= 0.3 is 6.03 Å². The summed E-state index contributed by atoms with van der Waals surface area (Å²) in [6.45, 7) is 4.40. The van der Waals surface area contributed by atoms with Crippen molar-refractivity contribution in [2.75, 3.05) is 6.54 Å². The summed E-state index contributed by atoms with van der Waals surface area (Å²) in [5, 5.41) is 15.2. The molecule has 1 fully saturated rings. The second-order valence-corrected chi connectivity index (χ2v) is 6.10. The molecule has 0 bridgehead atoms. The summed E-state index contributed by atoms with van der Waals surface area (Å²) in [5.74, 6) is 0.816. The molecule has 0 heterocycles. The Labute approximate surface area is 132 Å². The summed E-state index contributed by atoms with van der Waals surface area (Å²) in [5.41, 5.74) is 1.15. The van der Waals surface area contributed by atoms with E-state index in [1.165, 1.54) is 0 Å². The van der Waals surface area contributed by atoms with Crippen molar-refractivity contribution < 1.29 is 14.6 Å². The zero-order chi connectivity index (χ0) is 15.9. The molecule has 1 aliphatic rings. The number of hydrogen-bond acceptors (Lipinski definition) is 3. The zero-order valence-electron chi connectivity index (χ0n) is 13.3. The minimum atomic E-state index is -0.205. The zero-order valence-corrected chi connectivity index (χ0v) is 13.3. The number of ether oxygens (including phenoxy) is 1. The van der Waals surface area contributed by atoms with Crippen LogP contribution in [-0.2, 0) is 0 Å². The fourth-order valence-corrected chi connectivity index (χ4v) is 2.66. The van der Waals surface area contributed by atoms with Crippen LogP contribution in [0.2, 0.25) is 0 Å². The van der Waals surface area contributed by atoms with E-state index in [9.17, 15) is 9.90 Å². The lowest BCUT2D eigenvalue weighted by Gasteiger charge is -2.26. The van der Waals surface area contributed by atoms with Gasteiger partial charge in [-0.2, -0.15) is 0 Å². The lowest BCUT2D eigenvalue weighted by Crippen LogP contribution is -2.46. The van der Waals surface area contributed by atoms with Crippen LogP contribution in [0.1, 0.15) is 38.2 Å². The van der Waals surface area contributed by atoms with Gasteiger partial charge in [0.25, 0.3) is 0 Å². The van der Waals surface area contributed by atoms with Gasteiger partial charge in [-0.15, -0.1) is 0 Å². The molecule has 5 nitrogen and oxygen atoms in total. The Bertz CT molecular complexity index is 485. The van der Waals surface area contributed by atoms with Crippen molar-refractivity contribution >= 4 is 6.03 Å². The van der Waals surface area contributed by atoms with E-state index < -0.39 is 0 Å². The number of rotatable bonds is 5. The molecule has 0 radical (unpaired) electrons. The van der Waals surface area contributed by atoms with Crippen molar-refractivity contribution in [2.24, 2.45) is 0 Å². The van der Waals surface area contributed by atoms with Crippen molar-refractivity contribution in [3.63, 3.8) is 0 Å². The molecule has 1 unspecified atom stereocenters. The summed E-state index contributed by atoms with van der Waals surface area (Å²) >= 11 is 0. The van der Waals surface area contributed by atoms with Gasteiger partial charge in [0.2, 0.25) is 0 Å². The molecule has 0 saturated heterocycles. The van der Waals surface area contributed by atoms with Gasteiger partial charge in [-0.1, -0.05) is 12.1 Å². The van der Waals surface area contributed by atoms with Crippen LogP contribution >= 0.6 is 0 Å². The average Bonchev–Trinajstić information content (AvgIpc) is 2.48. The molecule has 0 spiro atoms. The number of carbonyl (C=O) groups excluding carboxylic acids is 1. The molecule has 5 heteroatoms. The van der Waals surface area contributed by atoms with Gasteiger partial charge in [-0.25, -0.2) is 4.79 Å². The van der Waals surface area contributed by atoms with Crippen LogP contribution in [0.4, 0.5) is 4.79 Å². The number of hydrogen-bond donors (Lipinski definition) is 3. The molecule has 122 valence electrons. The topological polar surface area (TPSA) is 70.6 Å². The molecular weight excluding hydrogens is 280 g/mol. The van der Waals surface area contributed by atoms with Gasteiger partial charge in [0, 0.05) is 6.04 Å². The second kappa shape index (κ2) is 8.03. The summed E-state index contributed by atoms with van der Waals surface area (Å²) in [6, 6.07) is 7.86. The maximum Gasteiger partial charge on any atom is 0.315 e. The Morgan fingerprint density at radius 2 is 2.09 bits per heavy atom. The van der Waals surface area contributed by atoms with Crippen LogP contribution in [0.5, 0.6) is 5.75 Å². The smallest absolute Gasteiger partial charge is 0.315 e. The fraction of sp³-hybridized carbons (Fsp3) is 0.588. The number of aliphatic hydroxyl groups is 1. The Kier molecular flexibility index (Phi) is 6.07. The first-order valence-electron chi connectivity index (χ1n) is 7.98. The predicted octanol–water partition coefficient (Wildman–Crippen LogP) is 2.37. The average molecular weight is 306 g/mol. The minimum absolute atomic E-state index is 0.0965. The van der Waals surface area contributed by atoms with Crippen LogP contribution in [0, 0.1) is 6.92 Å². The second-order valence-electron chi connectivity index (χ2n) is 6.10. The highest BCUT2D eigenvalue weighted by molar-refractivity contribution is 5.74. The quantitative estimate of drug-likeness (QED) is 0.782. The Morgan fingerprint density at radius 1 is 1.36 bits per heavy atom. The van der Waals surface area contributed by atoms with Gasteiger partial charge in [0.05, 0.1) is 12.6 Å². The number of benzene rings is 1. The van der Waals surface area contributed by atoms with Gasteiger partial charge < -0.3 is 20.5 Å². The van der Waals surface area contributed by atoms with Crippen molar-refractivity contribution in [3.05, 3.63) is 29.8 Å². The van der Waals surface area contributed by atoms with Gasteiger partial charge in [0.15, 0.2) is 0 Å². The number of carbonyl (C=O) groups is 1. The normalized spacial score (nSPS) is 22.7. The highest BCUT2D eigenvalue weighted by Gasteiger charge is 2.20. The number of urea groups is 1. The molecule has 3 N–H and O–H groups in total. The molecule has 22 heavy (non-hydrogen) atoms. The molecule has 1 aromatic rings. The number of nitrogens with one attached hydrogen (secondary N) is 2. The molecule has 1 aliphatic carbocycles. The van der Waals surface area contributed by atoms with E-state index in [1.54, 1.807) is 0 Å². The molecule has 1 atom stereocenters. The standard InChI is InChI=1S/C17H26N2O3/c1-12-4-3-5-16(10-12)22-13(2)11-18-17(21)19-14-6-8-15(20)9-7-14/h3-5,10,13-15,20H,6-9,11H2,1-2H3,(H2,18,19,21). The SMILES string of the molecule is Cc1cccc(OC(C)CNC(=O)NC2CCC(O)CC2)c1. The van der Waals surface area contributed by atoms with Crippen LogP contribution < -0.4 is 15.4 Å². The van der Waals surface area contributed by atoms with Gasteiger partial charge in [0.1, 0.15) is 11.9 Å². The van der Waals surface area contributed by atoms with E-state index in [0.717, 1.165) is 37.0 Å². The molecule has 1 aromatic carbocycles. The van der Waals surface area contributed by atoms with Crippen LogP contribution in [-0.4, -0.2) is 35.9 Å². The maximum atomic E-state index is 11.9. The third-order valence-electron chi connectivity index (χ3n) is 3.91. The summed E-state index contributed by atoms with van der Waals surface area (Å²) in [6.07, 6.45) is 2.90. The van der Waals surface area contributed by atoms with E-state index in [0.29, 0.717) is 6.54 Å². The summed E-state index contributed by atoms with van der Waals surface area (Å²) in [7, 11) is 0. The fourth-order valence-electron chi connectivity index (χ4n) is 2.66. The predicted molar refractivity (Wildman–Crippen MR) is 86.1 cm³/mol.